The molecule has 0 aliphatic heterocycles. The van der Waals surface area contributed by atoms with E-state index in [1.165, 1.54) is 0 Å². The topological polar surface area (TPSA) is 63.9 Å². The zero-order valence-corrected chi connectivity index (χ0v) is 15.4. The van der Waals surface area contributed by atoms with Gasteiger partial charge in [0.25, 0.3) is 0 Å². The van der Waals surface area contributed by atoms with Crippen molar-refractivity contribution in [3.63, 3.8) is 0 Å². The summed E-state index contributed by atoms with van der Waals surface area (Å²) in [5.74, 6) is 0.663. The van der Waals surface area contributed by atoms with Crippen LogP contribution in [0.3, 0.4) is 0 Å². The van der Waals surface area contributed by atoms with Crippen LogP contribution in [0.25, 0.3) is 10.6 Å². The first-order valence-corrected chi connectivity index (χ1v) is 8.82. The molecule has 130 valence electrons. The molecule has 0 radical (unpaired) electrons. The number of methoxy groups -OCH3 is 1. The molecule has 5 nitrogen and oxygen atoms in total. The Morgan fingerprint density at radius 2 is 2.17 bits per heavy atom. The molecule has 2 aromatic rings. The Kier molecular flexibility index (Phi) is 6.90. The molecule has 0 aliphatic rings. The molecule has 0 saturated heterocycles. The molecule has 2 rings (SSSR count). The van der Waals surface area contributed by atoms with E-state index in [0.29, 0.717) is 5.75 Å². The minimum atomic E-state index is -0.668. The lowest BCUT2D eigenvalue weighted by Gasteiger charge is -2.16. The predicted octanol–water partition coefficient (Wildman–Crippen LogP) is 4.01. The van der Waals surface area contributed by atoms with Gasteiger partial charge in [-0.15, -0.1) is 11.3 Å². The van der Waals surface area contributed by atoms with Gasteiger partial charge in [0.2, 0.25) is 0 Å². The molecule has 0 saturated carbocycles. The summed E-state index contributed by atoms with van der Waals surface area (Å²) in [6, 6.07) is 3.89. The molecule has 0 bridgehead atoms. The van der Waals surface area contributed by atoms with Crippen LogP contribution in [0, 0.1) is 6.92 Å². The van der Waals surface area contributed by atoms with Crippen molar-refractivity contribution in [3.8, 4) is 16.3 Å². The van der Waals surface area contributed by atoms with Gasteiger partial charge in [-0.1, -0.05) is 6.92 Å². The van der Waals surface area contributed by atoms with Crippen LogP contribution in [0.5, 0.6) is 5.75 Å². The van der Waals surface area contributed by atoms with Gasteiger partial charge >= 0.3 is 0 Å². The van der Waals surface area contributed by atoms with Crippen LogP contribution in [0.4, 0.5) is 5.69 Å². The van der Waals surface area contributed by atoms with E-state index in [0.717, 1.165) is 34.0 Å². The fourth-order valence-corrected chi connectivity index (χ4v) is 2.94. The van der Waals surface area contributed by atoms with E-state index in [9.17, 15) is 5.11 Å². The van der Waals surface area contributed by atoms with Crippen LogP contribution in [0.2, 0.25) is 0 Å². The highest BCUT2D eigenvalue weighted by Gasteiger charge is 2.15. The second kappa shape index (κ2) is 8.92. The van der Waals surface area contributed by atoms with E-state index in [4.69, 9.17) is 14.5 Å². The molecule has 1 unspecified atom stereocenters. The third-order valence-electron chi connectivity index (χ3n) is 3.66. The van der Waals surface area contributed by atoms with Crippen molar-refractivity contribution in [2.45, 2.75) is 33.3 Å². The van der Waals surface area contributed by atoms with E-state index in [2.05, 4.69) is 11.9 Å². The molecule has 24 heavy (non-hydrogen) atoms. The monoisotopic (exact) mass is 348 g/mol. The molecule has 0 aliphatic carbocycles. The largest absolute Gasteiger partial charge is 0.489 e. The van der Waals surface area contributed by atoms with Crippen LogP contribution < -0.4 is 4.74 Å². The standard InChI is InChI=1S/C18H24N2O3S/c1-5-12(2)20-17-13(3)15(18-19-8-9-24-18)6-7-16(17)23-11-14(21)10-22-4/h6-9,14,21H,5,10-11H2,1-4H3/b20-12-. The number of hydrogen-bond donors (Lipinski definition) is 1. The summed E-state index contributed by atoms with van der Waals surface area (Å²) < 4.78 is 10.7. The SMILES string of the molecule is CC/C(C)=N\c1c(OCC(O)COC)ccc(-c2nccs2)c1C. The number of aliphatic hydroxyl groups excluding tert-OH is 1. The van der Waals surface area contributed by atoms with Gasteiger partial charge in [-0.05, 0) is 38.0 Å². The van der Waals surface area contributed by atoms with Crippen molar-refractivity contribution in [2.24, 2.45) is 4.99 Å². The summed E-state index contributed by atoms with van der Waals surface area (Å²) in [4.78, 5) is 9.12. The Balaban J connectivity index is 2.37. The lowest BCUT2D eigenvalue weighted by molar-refractivity contribution is 0.0327. The van der Waals surface area contributed by atoms with Gasteiger partial charge in [0, 0.05) is 30.0 Å². The predicted molar refractivity (Wildman–Crippen MR) is 98.7 cm³/mol. The van der Waals surface area contributed by atoms with Crippen LogP contribution in [-0.4, -0.2) is 42.2 Å². The Bertz CT molecular complexity index is 684. The molecular formula is C18H24N2O3S. The number of benzene rings is 1. The van der Waals surface area contributed by atoms with Crippen LogP contribution in [0.15, 0.2) is 28.7 Å². The number of aliphatic imine (C=N–C) groups is 1. The van der Waals surface area contributed by atoms with Crippen molar-refractivity contribution < 1.29 is 14.6 Å². The van der Waals surface area contributed by atoms with Crippen molar-refractivity contribution in [2.75, 3.05) is 20.3 Å². The minimum Gasteiger partial charge on any atom is -0.489 e. The number of aromatic nitrogens is 1. The Hall–Kier alpha value is -1.76. The smallest absolute Gasteiger partial charge is 0.145 e. The summed E-state index contributed by atoms with van der Waals surface area (Å²) in [6.45, 7) is 6.50. The van der Waals surface area contributed by atoms with E-state index >= 15 is 0 Å². The quantitative estimate of drug-likeness (QED) is 0.732. The number of hydrogen-bond acceptors (Lipinski definition) is 6. The lowest BCUT2D eigenvalue weighted by atomic mass is 10.1. The molecule has 0 fully saturated rings. The first kappa shape index (κ1) is 18.6. The summed E-state index contributed by atoms with van der Waals surface area (Å²) in [7, 11) is 1.55. The number of nitrogens with zero attached hydrogens (tertiary/aromatic N) is 2. The zero-order chi connectivity index (χ0) is 17.5. The highest BCUT2D eigenvalue weighted by Crippen LogP contribution is 2.38. The van der Waals surface area contributed by atoms with Crippen molar-refractivity contribution in [1.29, 1.82) is 0 Å². The molecule has 0 amide bonds. The lowest BCUT2D eigenvalue weighted by Crippen LogP contribution is -2.22. The van der Waals surface area contributed by atoms with Crippen LogP contribution >= 0.6 is 11.3 Å². The first-order valence-electron chi connectivity index (χ1n) is 7.94. The van der Waals surface area contributed by atoms with Gasteiger partial charge in [0.05, 0.1) is 6.61 Å². The summed E-state index contributed by atoms with van der Waals surface area (Å²) >= 11 is 1.60. The van der Waals surface area contributed by atoms with Crippen molar-refractivity contribution >= 4 is 22.7 Å². The van der Waals surface area contributed by atoms with Gasteiger partial charge < -0.3 is 14.6 Å². The van der Waals surface area contributed by atoms with Crippen LogP contribution in [0.1, 0.15) is 25.8 Å². The van der Waals surface area contributed by atoms with Crippen molar-refractivity contribution in [1.82, 2.24) is 4.98 Å². The third kappa shape index (κ3) is 4.63. The third-order valence-corrected chi connectivity index (χ3v) is 4.47. The molecule has 1 N–H and O–H groups in total. The Labute approximate surface area is 147 Å². The average molecular weight is 348 g/mol. The first-order chi connectivity index (χ1) is 11.6. The second-order valence-corrected chi connectivity index (χ2v) is 6.44. The maximum atomic E-state index is 9.81. The van der Waals surface area contributed by atoms with Gasteiger partial charge in [0.15, 0.2) is 0 Å². The number of rotatable bonds is 8. The number of aliphatic hydroxyl groups is 1. The second-order valence-electron chi connectivity index (χ2n) is 5.54. The maximum Gasteiger partial charge on any atom is 0.145 e. The highest BCUT2D eigenvalue weighted by molar-refractivity contribution is 7.13. The Morgan fingerprint density at radius 3 is 2.79 bits per heavy atom. The fourth-order valence-electron chi connectivity index (χ4n) is 2.22. The normalized spacial score (nSPS) is 13.1. The van der Waals surface area contributed by atoms with Crippen LogP contribution in [-0.2, 0) is 4.74 Å². The van der Waals surface area contributed by atoms with Gasteiger partial charge in [-0.2, -0.15) is 0 Å². The zero-order valence-electron chi connectivity index (χ0n) is 14.6. The molecule has 1 atom stereocenters. The summed E-state index contributed by atoms with van der Waals surface area (Å²) in [6.07, 6.45) is 2.00. The molecule has 6 heteroatoms. The Morgan fingerprint density at radius 1 is 1.38 bits per heavy atom. The van der Waals surface area contributed by atoms with Gasteiger partial charge in [-0.25, -0.2) is 4.98 Å². The van der Waals surface area contributed by atoms with E-state index < -0.39 is 6.10 Å². The number of thiazole rings is 1. The maximum absolute atomic E-state index is 9.81. The van der Waals surface area contributed by atoms with Crippen molar-refractivity contribution in [3.05, 3.63) is 29.3 Å². The molecule has 1 heterocycles. The number of ether oxygens (including phenoxy) is 2. The van der Waals surface area contributed by atoms with E-state index in [-0.39, 0.29) is 13.2 Å². The molecule has 1 aromatic carbocycles. The van der Waals surface area contributed by atoms with E-state index in [1.807, 2.05) is 31.4 Å². The summed E-state index contributed by atoms with van der Waals surface area (Å²) in [5, 5.41) is 12.7. The summed E-state index contributed by atoms with van der Waals surface area (Å²) in [5.41, 5.74) is 3.90. The fraction of sp³-hybridized carbons (Fsp3) is 0.444. The van der Waals surface area contributed by atoms with E-state index in [1.54, 1.807) is 24.6 Å². The average Bonchev–Trinajstić information content (AvgIpc) is 3.09. The highest BCUT2D eigenvalue weighted by atomic mass is 32.1. The molecule has 1 aromatic heterocycles. The molecule has 0 spiro atoms. The minimum absolute atomic E-state index is 0.164. The van der Waals surface area contributed by atoms with Gasteiger partial charge in [-0.3, -0.25) is 4.99 Å². The van der Waals surface area contributed by atoms with Gasteiger partial charge in [0.1, 0.15) is 29.2 Å². The molecular weight excluding hydrogens is 324 g/mol.